The topological polar surface area (TPSA) is 71.8 Å². The molecule has 1 atom stereocenters. The van der Waals surface area contributed by atoms with Crippen molar-refractivity contribution in [1.29, 1.82) is 0 Å². The van der Waals surface area contributed by atoms with Crippen molar-refractivity contribution in [3.05, 3.63) is 48.0 Å². The van der Waals surface area contributed by atoms with E-state index in [0.29, 0.717) is 12.5 Å². The first-order valence-corrected chi connectivity index (χ1v) is 8.22. The molecule has 3 rings (SSSR count). The smallest absolute Gasteiger partial charge is 0.241 e. The van der Waals surface area contributed by atoms with Crippen molar-refractivity contribution >= 4 is 5.91 Å². The van der Waals surface area contributed by atoms with Crippen molar-refractivity contribution in [2.24, 2.45) is 0 Å². The third kappa shape index (κ3) is 4.63. The van der Waals surface area contributed by atoms with Gasteiger partial charge in [-0.25, -0.2) is 0 Å². The molecule has 6 heteroatoms. The summed E-state index contributed by atoms with van der Waals surface area (Å²) in [6.07, 6.45) is 6.75. The standard InChI is InChI=1S/C17H23N5O/c23-17(20-10-6-15-5-1-2-9-19-15)13-22-11-7-16(21-22)14-4-3-8-18-12-14/h1-2,5,7,9,11,14,18H,3-4,6,8,10,12-13H2,(H,20,23). The van der Waals surface area contributed by atoms with Gasteiger partial charge in [0.05, 0.1) is 5.69 Å². The Morgan fingerprint density at radius 2 is 2.35 bits per heavy atom. The highest BCUT2D eigenvalue weighted by molar-refractivity contribution is 5.75. The Kier molecular flexibility index (Phi) is 5.37. The van der Waals surface area contributed by atoms with Crippen LogP contribution >= 0.6 is 0 Å². The molecule has 0 aromatic carbocycles. The normalized spacial score (nSPS) is 17.8. The van der Waals surface area contributed by atoms with E-state index in [4.69, 9.17) is 0 Å². The fourth-order valence-corrected chi connectivity index (χ4v) is 2.87. The van der Waals surface area contributed by atoms with Crippen molar-refractivity contribution in [3.63, 3.8) is 0 Å². The molecule has 3 heterocycles. The van der Waals surface area contributed by atoms with Gasteiger partial charge in [-0.2, -0.15) is 5.10 Å². The second-order valence-electron chi connectivity index (χ2n) is 5.90. The summed E-state index contributed by atoms with van der Waals surface area (Å²) in [6, 6.07) is 7.83. The highest BCUT2D eigenvalue weighted by Gasteiger charge is 2.17. The first kappa shape index (κ1) is 15.7. The van der Waals surface area contributed by atoms with E-state index in [1.54, 1.807) is 10.9 Å². The predicted octanol–water partition coefficient (Wildman–Crippen LogP) is 1.10. The van der Waals surface area contributed by atoms with E-state index in [9.17, 15) is 4.79 Å². The first-order valence-electron chi connectivity index (χ1n) is 8.22. The molecule has 23 heavy (non-hydrogen) atoms. The molecule has 1 aliphatic rings. The van der Waals surface area contributed by atoms with Gasteiger partial charge < -0.3 is 10.6 Å². The van der Waals surface area contributed by atoms with Gasteiger partial charge in [0.15, 0.2) is 0 Å². The SMILES string of the molecule is O=C(Cn1ccc(C2CCCNC2)n1)NCCc1ccccn1. The average Bonchev–Trinajstić information content (AvgIpc) is 3.05. The zero-order valence-corrected chi connectivity index (χ0v) is 13.2. The molecule has 1 saturated heterocycles. The lowest BCUT2D eigenvalue weighted by atomic mass is 9.97. The van der Waals surface area contributed by atoms with Crippen LogP contribution in [0.3, 0.4) is 0 Å². The fourth-order valence-electron chi connectivity index (χ4n) is 2.87. The number of hydrogen-bond acceptors (Lipinski definition) is 4. The van der Waals surface area contributed by atoms with Crippen LogP contribution in [0.4, 0.5) is 0 Å². The minimum absolute atomic E-state index is 0.0163. The molecule has 1 unspecified atom stereocenters. The number of hydrogen-bond donors (Lipinski definition) is 2. The Bertz CT molecular complexity index is 619. The van der Waals surface area contributed by atoms with E-state index in [1.807, 2.05) is 30.5 Å². The van der Waals surface area contributed by atoms with Crippen LogP contribution in [0.25, 0.3) is 0 Å². The highest BCUT2D eigenvalue weighted by Crippen LogP contribution is 2.21. The molecule has 122 valence electrons. The van der Waals surface area contributed by atoms with Gasteiger partial charge in [-0.05, 0) is 37.6 Å². The van der Waals surface area contributed by atoms with Gasteiger partial charge in [-0.3, -0.25) is 14.5 Å². The van der Waals surface area contributed by atoms with Crippen LogP contribution in [0.15, 0.2) is 36.7 Å². The van der Waals surface area contributed by atoms with Gasteiger partial charge in [0.1, 0.15) is 6.54 Å². The Hall–Kier alpha value is -2.21. The number of carbonyl (C=O) groups is 1. The molecule has 2 aromatic rings. The zero-order chi connectivity index (χ0) is 15.9. The van der Waals surface area contributed by atoms with Crippen molar-refractivity contribution in [1.82, 2.24) is 25.4 Å². The van der Waals surface area contributed by atoms with Crippen LogP contribution in [0.1, 0.15) is 30.1 Å². The Morgan fingerprint density at radius 3 is 3.13 bits per heavy atom. The summed E-state index contributed by atoms with van der Waals surface area (Å²) < 4.78 is 1.72. The van der Waals surface area contributed by atoms with Crippen LogP contribution in [0.5, 0.6) is 0 Å². The van der Waals surface area contributed by atoms with E-state index < -0.39 is 0 Å². The summed E-state index contributed by atoms with van der Waals surface area (Å²) in [5, 5.41) is 10.9. The van der Waals surface area contributed by atoms with Gasteiger partial charge in [-0.1, -0.05) is 6.07 Å². The molecule has 1 amide bonds. The van der Waals surface area contributed by atoms with Crippen molar-refractivity contribution in [2.75, 3.05) is 19.6 Å². The molecule has 0 radical (unpaired) electrons. The van der Waals surface area contributed by atoms with Crippen molar-refractivity contribution in [2.45, 2.75) is 31.7 Å². The summed E-state index contributed by atoms with van der Waals surface area (Å²) in [4.78, 5) is 16.2. The molecule has 2 aromatic heterocycles. The maximum Gasteiger partial charge on any atom is 0.241 e. The first-order chi connectivity index (χ1) is 11.3. The van der Waals surface area contributed by atoms with Gasteiger partial charge in [0, 0.05) is 43.5 Å². The number of rotatable bonds is 6. The molecular formula is C17H23N5O. The Morgan fingerprint density at radius 1 is 1.39 bits per heavy atom. The number of aromatic nitrogens is 3. The third-order valence-electron chi connectivity index (χ3n) is 4.11. The quantitative estimate of drug-likeness (QED) is 0.838. The number of nitrogens with zero attached hydrogens (tertiary/aromatic N) is 3. The number of amides is 1. The molecule has 0 bridgehead atoms. The number of nitrogens with one attached hydrogen (secondary N) is 2. The third-order valence-corrected chi connectivity index (χ3v) is 4.11. The van der Waals surface area contributed by atoms with E-state index >= 15 is 0 Å². The van der Waals surface area contributed by atoms with E-state index in [1.165, 1.54) is 12.8 Å². The number of piperidine rings is 1. The Labute approximate surface area is 136 Å². The summed E-state index contributed by atoms with van der Waals surface area (Å²) >= 11 is 0. The van der Waals surface area contributed by atoms with Crippen molar-refractivity contribution in [3.8, 4) is 0 Å². The Balaban J connectivity index is 1.43. The largest absolute Gasteiger partial charge is 0.354 e. The maximum atomic E-state index is 12.0. The predicted molar refractivity (Wildman–Crippen MR) is 88.0 cm³/mol. The van der Waals surface area contributed by atoms with Crippen molar-refractivity contribution < 1.29 is 4.79 Å². The molecule has 6 nitrogen and oxygen atoms in total. The molecular weight excluding hydrogens is 290 g/mol. The van der Waals surface area contributed by atoms with Crippen LogP contribution in [-0.2, 0) is 17.8 Å². The van der Waals surface area contributed by atoms with Gasteiger partial charge in [-0.15, -0.1) is 0 Å². The summed E-state index contributed by atoms with van der Waals surface area (Å²) in [5.74, 6) is 0.453. The van der Waals surface area contributed by atoms with Crippen LogP contribution in [-0.4, -0.2) is 40.3 Å². The van der Waals surface area contributed by atoms with Gasteiger partial charge in [0.25, 0.3) is 0 Å². The molecule has 2 N–H and O–H groups in total. The maximum absolute atomic E-state index is 12.0. The monoisotopic (exact) mass is 313 g/mol. The highest BCUT2D eigenvalue weighted by atomic mass is 16.2. The summed E-state index contributed by atoms with van der Waals surface area (Å²) in [7, 11) is 0. The second-order valence-corrected chi connectivity index (χ2v) is 5.90. The summed E-state index contributed by atoms with van der Waals surface area (Å²) in [6.45, 7) is 2.93. The van der Waals surface area contributed by atoms with Gasteiger partial charge in [0.2, 0.25) is 5.91 Å². The van der Waals surface area contributed by atoms with Crippen LogP contribution in [0, 0.1) is 0 Å². The summed E-state index contributed by atoms with van der Waals surface area (Å²) in [5.41, 5.74) is 2.07. The lowest BCUT2D eigenvalue weighted by Crippen LogP contribution is -2.30. The number of carbonyl (C=O) groups excluding carboxylic acids is 1. The van der Waals surface area contributed by atoms with E-state index in [-0.39, 0.29) is 12.5 Å². The minimum atomic E-state index is -0.0163. The molecule has 0 aliphatic carbocycles. The molecule has 0 spiro atoms. The second kappa shape index (κ2) is 7.87. The fraction of sp³-hybridized carbons (Fsp3) is 0.471. The van der Waals surface area contributed by atoms with E-state index in [2.05, 4.69) is 20.7 Å². The zero-order valence-electron chi connectivity index (χ0n) is 13.2. The lowest BCUT2D eigenvalue weighted by molar-refractivity contribution is -0.121. The van der Waals surface area contributed by atoms with Gasteiger partial charge >= 0.3 is 0 Å². The minimum Gasteiger partial charge on any atom is -0.354 e. The van der Waals surface area contributed by atoms with E-state index in [0.717, 1.165) is 30.9 Å². The van der Waals surface area contributed by atoms with Crippen LogP contribution < -0.4 is 10.6 Å². The molecule has 0 saturated carbocycles. The molecule has 1 aliphatic heterocycles. The molecule has 1 fully saturated rings. The lowest BCUT2D eigenvalue weighted by Gasteiger charge is -2.20. The number of pyridine rings is 1. The average molecular weight is 313 g/mol. The van der Waals surface area contributed by atoms with Crippen LogP contribution in [0.2, 0.25) is 0 Å².